The molecule has 0 aliphatic carbocycles. The minimum Gasteiger partial charge on any atom is -0.290 e. The summed E-state index contributed by atoms with van der Waals surface area (Å²) in [5.74, 6) is 0.617. The van der Waals surface area contributed by atoms with Crippen molar-refractivity contribution < 1.29 is 4.92 Å². The van der Waals surface area contributed by atoms with Gasteiger partial charge in [0.1, 0.15) is 0 Å². The third-order valence-electron chi connectivity index (χ3n) is 3.37. The number of aryl methyl sites for hydroxylation is 2. The quantitative estimate of drug-likeness (QED) is 0.546. The van der Waals surface area contributed by atoms with Crippen molar-refractivity contribution in [3.63, 3.8) is 0 Å². The summed E-state index contributed by atoms with van der Waals surface area (Å²) >= 11 is 0. The summed E-state index contributed by atoms with van der Waals surface area (Å²) < 4.78 is 1.81. The van der Waals surface area contributed by atoms with Crippen molar-refractivity contribution >= 4 is 11.5 Å². The first-order valence-corrected chi connectivity index (χ1v) is 6.69. The van der Waals surface area contributed by atoms with Crippen LogP contribution in [-0.4, -0.2) is 19.3 Å². The monoisotopic (exact) mass is 282 g/mol. The Morgan fingerprint density at radius 3 is 2.67 bits per heavy atom. The Balaban J connectivity index is 2.31. The molecule has 0 fully saturated rings. The lowest BCUT2D eigenvalue weighted by Crippen LogP contribution is -2.00. The summed E-state index contributed by atoms with van der Waals surface area (Å²) in [6.45, 7) is 3.87. The molecule has 0 atom stereocenters. The Morgan fingerprint density at radius 1 is 1.19 bits per heavy atom. The van der Waals surface area contributed by atoms with E-state index in [-0.39, 0.29) is 10.6 Å². The van der Waals surface area contributed by atoms with E-state index in [4.69, 9.17) is 0 Å². The standard InChI is InChI=1S/C15H14N4O2/c1-3-13-12(9-18-8-10(2)16-15(18)17-13)11-6-4-5-7-14(11)19(20)21/h4-9H,3H2,1-2H3. The van der Waals surface area contributed by atoms with Gasteiger partial charge in [0.05, 0.1) is 21.9 Å². The number of nitro benzene ring substituents is 1. The molecule has 0 amide bonds. The molecule has 3 aromatic rings. The van der Waals surface area contributed by atoms with E-state index in [1.54, 1.807) is 22.6 Å². The second-order valence-electron chi connectivity index (χ2n) is 4.82. The van der Waals surface area contributed by atoms with Crippen LogP contribution in [-0.2, 0) is 6.42 Å². The summed E-state index contributed by atoms with van der Waals surface area (Å²) in [6, 6.07) is 6.73. The van der Waals surface area contributed by atoms with Crippen LogP contribution in [0.15, 0.2) is 36.7 Å². The summed E-state index contributed by atoms with van der Waals surface area (Å²) in [6.07, 6.45) is 4.41. The van der Waals surface area contributed by atoms with Crippen molar-refractivity contribution in [2.24, 2.45) is 0 Å². The summed E-state index contributed by atoms with van der Waals surface area (Å²) in [5.41, 5.74) is 3.12. The molecule has 2 heterocycles. The molecular weight excluding hydrogens is 268 g/mol. The number of nitrogens with zero attached hydrogens (tertiary/aromatic N) is 4. The number of aromatic nitrogens is 3. The van der Waals surface area contributed by atoms with Crippen molar-refractivity contribution in [3.05, 3.63) is 58.2 Å². The van der Waals surface area contributed by atoms with Crippen LogP contribution in [0.25, 0.3) is 16.9 Å². The fourth-order valence-electron chi connectivity index (χ4n) is 2.43. The Morgan fingerprint density at radius 2 is 1.95 bits per heavy atom. The average molecular weight is 282 g/mol. The van der Waals surface area contributed by atoms with Crippen LogP contribution in [0.5, 0.6) is 0 Å². The number of hydrogen-bond acceptors (Lipinski definition) is 4. The van der Waals surface area contributed by atoms with Gasteiger partial charge in [-0.1, -0.05) is 19.1 Å². The van der Waals surface area contributed by atoms with E-state index in [1.807, 2.05) is 26.2 Å². The number of fused-ring (bicyclic) bond motifs is 1. The van der Waals surface area contributed by atoms with Gasteiger partial charge < -0.3 is 0 Å². The molecule has 0 saturated carbocycles. The first kappa shape index (κ1) is 13.2. The van der Waals surface area contributed by atoms with Gasteiger partial charge in [-0.15, -0.1) is 0 Å². The molecule has 0 bridgehead atoms. The van der Waals surface area contributed by atoms with Gasteiger partial charge in [-0.25, -0.2) is 9.97 Å². The van der Waals surface area contributed by atoms with E-state index in [9.17, 15) is 10.1 Å². The van der Waals surface area contributed by atoms with Crippen LogP contribution in [0.2, 0.25) is 0 Å². The lowest BCUT2D eigenvalue weighted by atomic mass is 10.0. The first-order chi connectivity index (χ1) is 10.1. The second-order valence-corrected chi connectivity index (χ2v) is 4.82. The molecule has 6 nitrogen and oxygen atoms in total. The van der Waals surface area contributed by atoms with Crippen molar-refractivity contribution in [1.29, 1.82) is 0 Å². The molecule has 3 rings (SSSR count). The Hall–Kier alpha value is -2.76. The fourth-order valence-corrected chi connectivity index (χ4v) is 2.43. The largest absolute Gasteiger partial charge is 0.290 e. The Kier molecular flexibility index (Phi) is 3.13. The van der Waals surface area contributed by atoms with E-state index in [1.165, 1.54) is 6.07 Å². The van der Waals surface area contributed by atoms with Crippen molar-refractivity contribution in [2.45, 2.75) is 20.3 Å². The third kappa shape index (κ3) is 2.24. The lowest BCUT2D eigenvalue weighted by molar-refractivity contribution is -0.384. The number of benzene rings is 1. The van der Waals surface area contributed by atoms with Crippen LogP contribution < -0.4 is 0 Å². The molecule has 21 heavy (non-hydrogen) atoms. The summed E-state index contributed by atoms with van der Waals surface area (Å²) in [5, 5.41) is 11.2. The highest BCUT2D eigenvalue weighted by Gasteiger charge is 2.18. The third-order valence-corrected chi connectivity index (χ3v) is 3.37. The second kappa shape index (κ2) is 4.97. The molecule has 0 radical (unpaired) electrons. The zero-order valence-corrected chi connectivity index (χ0v) is 11.8. The predicted molar refractivity (Wildman–Crippen MR) is 79.2 cm³/mol. The number of imidazole rings is 1. The van der Waals surface area contributed by atoms with Gasteiger partial charge in [0.15, 0.2) is 0 Å². The van der Waals surface area contributed by atoms with Gasteiger partial charge in [0.25, 0.3) is 5.69 Å². The van der Waals surface area contributed by atoms with E-state index < -0.39 is 0 Å². The maximum atomic E-state index is 11.2. The molecule has 0 aliphatic heterocycles. The number of nitro groups is 1. The Bertz CT molecular complexity index is 839. The zero-order valence-electron chi connectivity index (χ0n) is 11.8. The minimum absolute atomic E-state index is 0.0881. The predicted octanol–water partition coefficient (Wildman–Crippen LogP) is 3.18. The highest BCUT2D eigenvalue weighted by atomic mass is 16.6. The van der Waals surface area contributed by atoms with Crippen molar-refractivity contribution in [3.8, 4) is 11.1 Å². The van der Waals surface area contributed by atoms with E-state index in [0.717, 1.165) is 17.0 Å². The van der Waals surface area contributed by atoms with E-state index in [0.29, 0.717) is 17.8 Å². The first-order valence-electron chi connectivity index (χ1n) is 6.69. The maximum absolute atomic E-state index is 11.2. The lowest BCUT2D eigenvalue weighted by Gasteiger charge is -2.08. The molecule has 0 aliphatic rings. The van der Waals surface area contributed by atoms with Crippen molar-refractivity contribution in [1.82, 2.24) is 14.4 Å². The highest BCUT2D eigenvalue weighted by molar-refractivity contribution is 5.75. The highest BCUT2D eigenvalue weighted by Crippen LogP contribution is 2.31. The van der Waals surface area contributed by atoms with Gasteiger partial charge in [-0.3, -0.25) is 14.5 Å². The van der Waals surface area contributed by atoms with Crippen molar-refractivity contribution in [2.75, 3.05) is 0 Å². The molecule has 0 saturated heterocycles. The van der Waals surface area contributed by atoms with Crippen LogP contribution in [0.1, 0.15) is 18.3 Å². The molecule has 1 aromatic carbocycles. The molecular formula is C15H14N4O2. The van der Waals surface area contributed by atoms with Crippen LogP contribution in [0.4, 0.5) is 5.69 Å². The number of para-hydroxylation sites is 1. The van der Waals surface area contributed by atoms with Gasteiger partial charge in [-0.05, 0) is 19.4 Å². The zero-order chi connectivity index (χ0) is 15.0. The Labute approximate surface area is 121 Å². The number of rotatable bonds is 3. The van der Waals surface area contributed by atoms with E-state index in [2.05, 4.69) is 9.97 Å². The molecule has 6 heteroatoms. The number of hydrogen-bond donors (Lipinski definition) is 0. The summed E-state index contributed by atoms with van der Waals surface area (Å²) in [7, 11) is 0. The molecule has 0 unspecified atom stereocenters. The molecule has 0 N–H and O–H groups in total. The van der Waals surface area contributed by atoms with Gasteiger partial charge in [0, 0.05) is 24.0 Å². The molecule has 2 aromatic heterocycles. The normalized spacial score (nSPS) is 11.0. The van der Waals surface area contributed by atoms with Gasteiger partial charge in [0.2, 0.25) is 5.78 Å². The maximum Gasteiger partial charge on any atom is 0.277 e. The smallest absolute Gasteiger partial charge is 0.277 e. The minimum atomic E-state index is -0.363. The van der Waals surface area contributed by atoms with Crippen LogP contribution >= 0.6 is 0 Å². The fraction of sp³-hybridized carbons (Fsp3) is 0.200. The van der Waals surface area contributed by atoms with Crippen LogP contribution in [0, 0.1) is 17.0 Å². The van der Waals surface area contributed by atoms with Crippen LogP contribution in [0.3, 0.4) is 0 Å². The van der Waals surface area contributed by atoms with Gasteiger partial charge >= 0.3 is 0 Å². The van der Waals surface area contributed by atoms with E-state index >= 15 is 0 Å². The SMILES string of the molecule is CCc1nc2nc(C)cn2cc1-c1ccccc1[N+](=O)[O-]. The molecule has 0 spiro atoms. The average Bonchev–Trinajstić information content (AvgIpc) is 2.84. The summed E-state index contributed by atoms with van der Waals surface area (Å²) in [4.78, 5) is 19.7. The van der Waals surface area contributed by atoms with Gasteiger partial charge in [-0.2, -0.15) is 0 Å². The molecule has 106 valence electrons. The topological polar surface area (TPSA) is 73.3 Å².